The fraction of sp³-hybridized carbons (Fsp3) is 0.417. The second-order valence-electron chi connectivity index (χ2n) is 7.05. The maximum atomic E-state index is 12.4. The number of benzene rings is 2. The summed E-state index contributed by atoms with van der Waals surface area (Å²) in [6.07, 6.45) is 7.99. The predicted molar refractivity (Wildman–Crippen MR) is 122 cm³/mol. The van der Waals surface area contributed by atoms with Crippen LogP contribution in [0.3, 0.4) is 0 Å². The van der Waals surface area contributed by atoms with Gasteiger partial charge in [0.15, 0.2) is 9.84 Å². The Kier molecular flexibility index (Phi) is 8.78. The van der Waals surface area contributed by atoms with Crippen LogP contribution in [0, 0.1) is 0 Å². The van der Waals surface area contributed by atoms with E-state index in [1.807, 2.05) is 18.2 Å². The van der Waals surface area contributed by atoms with E-state index >= 15 is 0 Å². The molecule has 0 fully saturated rings. The molecule has 0 heterocycles. The van der Waals surface area contributed by atoms with Crippen LogP contribution in [-0.4, -0.2) is 27.3 Å². The van der Waals surface area contributed by atoms with Crippen molar-refractivity contribution in [3.05, 3.63) is 59.7 Å². The van der Waals surface area contributed by atoms with Crippen molar-refractivity contribution in [3.8, 4) is 0 Å². The van der Waals surface area contributed by atoms with Crippen molar-refractivity contribution < 1.29 is 8.42 Å². The van der Waals surface area contributed by atoms with Crippen molar-refractivity contribution in [3.63, 3.8) is 0 Å². The molecule has 0 aliphatic carbocycles. The van der Waals surface area contributed by atoms with Gasteiger partial charge in [0.05, 0.1) is 10.6 Å². The molecule has 2 aromatic rings. The van der Waals surface area contributed by atoms with E-state index < -0.39 is 9.84 Å². The fourth-order valence-electron chi connectivity index (χ4n) is 3.20. The van der Waals surface area contributed by atoms with Crippen LogP contribution in [0.5, 0.6) is 0 Å². The van der Waals surface area contributed by atoms with Gasteiger partial charge in [-0.3, -0.25) is 0 Å². The molecule has 0 aliphatic heterocycles. The number of hydrogen-bond acceptors (Lipinski definition) is 3. The smallest absolute Gasteiger partial charge is 0.178 e. The van der Waals surface area contributed by atoms with Crippen LogP contribution in [0.4, 0.5) is 5.69 Å². The molecule has 2 aromatic carbocycles. The van der Waals surface area contributed by atoms with E-state index in [0.717, 1.165) is 49.9 Å². The first-order valence-electron chi connectivity index (χ1n) is 10.4. The van der Waals surface area contributed by atoms with Crippen molar-refractivity contribution in [2.75, 3.05) is 23.7 Å². The van der Waals surface area contributed by atoms with Gasteiger partial charge in [0.25, 0.3) is 0 Å². The van der Waals surface area contributed by atoms with Crippen molar-refractivity contribution in [1.29, 1.82) is 0 Å². The molecular weight excluding hydrogens is 366 g/mol. The molecule has 2 rings (SSSR count). The number of rotatable bonds is 11. The largest absolute Gasteiger partial charge is 0.372 e. The van der Waals surface area contributed by atoms with Gasteiger partial charge in [0.2, 0.25) is 0 Å². The van der Waals surface area contributed by atoms with Crippen LogP contribution in [0.1, 0.15) is 57.6 Å². The molecule has 0 atom stereocenters. The lowest BCUT2D eigenvalue weighted by Crippen LogP contribution is -2.21. The van der Waals surface area contributed by atoms with Gasteiger partial charge in [0.1, 0.15) is 0 Å². The molecule has 0 aliphatic rings. The molecule has 4 heteroatoms. The average molecular weight is 400 g/mol. The molecule has 0 aromatic heterocycles. The van der Waals surface area contributed by atoms with Crippen LogP contribution < -0.4 is 4.90 Å². The lowest BCUT2D eigenvalue weighted by molar-refractivity contribution is 0.589. The maximum Gasteiger partial charge on any atom is 0.178 e. The van der Waals surface area contributed by atoms with Crippen LogP contribution in [-0.2, 0) is 9.84 Å². The standard InChI is InChI=1S/C24H33NO2S/c1-4-7-8-9-20-28(26,27)24-18-14-22(15-19-24)11-10-21-12-16-23(17-13-21)25(5-2)6-3/h10-19H,4-9,20H2,1-3H3/b11-10+. The van der Waals surface area contributed by atoms with Gasteiger partial charge >= 0.3 is 0 Å². The van der Waals surface area contributed by atoms with E-state index in [1.165, 1.54) is 5.69 Å². The Hall–Kier alpha value is -2.07. The first-order chi connectivity index (χ1) is 13.5. The van der Waals surface area contributed by atoms with E-state index in [-0.39, 0.29) is 5.75 Å². The Morgan fingerprint density at radius 2 is 1.29 bits per heavy atom. The Labute approximate surface area is 171 Å². The molecule has 3 nitrogen and oxygen atoms in total. The molecule has 0 spiro atoms. The molecular formula is C24H33NO2S. The van der Waals surface area contributed by atoms with E-state index in [2.05, 4.69) is 56.0 Å². The van der Waals surface area contributed by atoms with Gasteiger partial charge < -0.3 is 4.90 Å². The van der Waals surface area contributed by atoms with Gasteiger partial charge in [-0.25, -0.2) is 8.42 Å². The monoisotopic (exact) mass is 399 g/mol. The number of unbranched alkanes of at least 4 members (excludes halogenated alkanes) is 3. The van der Waals surface area contributed by atoms with E-state index in [0.29, 0.717) is 4.90 Å². The highest BCUT2D eigenvalue weighted by Gasteiger charge is 2.13. The molecule has 0 unspecified atom stereocenters. The first-order valence-corrected chi connectivity index (χ1v) is 12.0. The summed E-state index contributed by atoms with van der Waals surface area (Å²) >= 11 is 0. The van der Waals surface area contributed by atoms with Crippen LogP contribution in [0.2, 0.25) is 0 Å². The number of hydrogen-bond donors (Lipinski definition) is 0. The second-order valence-corrected chi connectivity index (χ2v) is 9.15. The molecule has 0 saturated carbocycles. The molecule has 0 N–H and O–H groups in total. The third-order valence-corrected chi connectivity index (χ3v) is 6.81. The van der Waals surface area contributed by atoms with Gasteiger partial charge in [0, 0.05) is 18.8 Å². The Balaban J connectivity index is 2.00. The Morgan fingerprint density at radius 3 is 1.79 bits per heavy atom. The van der Waals surface area contributed by atoms with Crippen LogP contribution in [0.15, 0.2) is 53.4 Å². The van der Waals surface area contributed by atoms with Gasteiger partial charge in [-0.1, -0.05) is 62.6 Å². The first kappa shape index (κ1) is 22.2. The third-order valence-electron chi connectivity index (χ3n) is 5.00. The van der Waals surface area contributed by atoms with E-state index in [1.54, 1.807) is 12.1 Å². The van der Waals surface area contributed by atoms with Crippen LogP contribution >= 0.6 is 0 Å². The van der Waals surface area contributed by atoms with Crippen molar-refractivity contribution in [2.45, 2.75) is 51.3 Å². The minimum Gasteiger partial charge on any atom is -0.372 e. The normalized spacial score (nSPS) is 11.8. The molecule has 0 amide bonds. The topological polar surface area (TPSA) is 37.4 Å². The highest BCUT2D eigenvalue weighted by molar-refractivity contribution is 7.91. The molecule has 0 radical (unpaired) electrons. The van der Waals surface area contributed by atoms with Crippen molar-refractivity contribution in [2.24, 2.45) is 0 Å². The zero-order chi connectivity index (χ0) is 20.4. The van der Waals surface area contributed by atoms with Crippen LogP contribution in [0.25, 0.3) is 12.2 Å². The van der Waals surface area contributed by atoms with Gasteiger partial charge in [-0.15, -0.1) is 0 Å². The lowest BCUT2D eigenvalue weighted by Gasteiger charge is -2.20. The van der Waals surface area contributed by atoms with E-state index in [9.17, 15) is 8.42 Å². The van der Waals surface area contributed by atoms with Crippen molar-refractivity contribution in [1.82, 2.24) is 0 Å². The summed E-state index contributed by atoms with van der Waals surface area (Å²) in [5.41, 5.74) is 3.36. The summed E-state index contributed by atoms with van der Waals surface area (Å²) in [6.45, 7) is 8.44. The Bertz CT molecular complexity index is 833. The molecule has 0 bridgehead atoms. The zero-order valence-corrected chi connectivity index (χ0v) is 18.2. The zero-order valence-electron chi connectivity index (χ0n) is 17.4. The maximum absolute atomic E-state index is 12.4. The summed E-state index contributed by atoms with van der Waals surface area (Å²) in [5, 5.41) is 0. The summed E-state index contributed by atoms with van der Waals surface area (Å²) in [6, 6.07) is 15.7. The lowest BCUT2D eigenvalue weighted by atomic mass is 10.1. The Morgan fingerprint density at radius 1 is 0.750 bits per heavy atom. The summed E-state index contributed by atoms with van der Waals surface area (Å²) in [7, 11) is -3.17. The van der Waals surface area contributed by atoms with Crippen molar-refractivity contribution >= 4 is 27.7 Å². The number of sulfone groups is 1. The number of anilines is 1. The quantitative estimate of drug-likeness (QED) is 0.340. The summed E-state index contributed by atoms with van der Waals surface area (Å²) in [4.78, 5) is 2.74. The predicted octanol–water partition coefficient (Wildman–Crippen LogP) is 6.06. The minimum atomic E-state index is -3.17. The summed E-state index contributed by atoms with van der Waals surface area (Å²) in [5.74, 6) is 0.237. The molecule has 0 saturated heterocycles. The third kappa shape index (κ3) is 6.52. The van der Waals surface area contributed by atoms with Gasteiger partial charge in [-0.05, 0) is 55.7 Å². The fourth-order valence-corrected chi connectivity index (χ4v) is 4.57. The van der Waals surface area contributed by atoms with Gasteiger partial charge in [-0.2, -0.15) is 0 Å². The van der Waals surface area contributed by atoms with E-state index in [4.69, 9.17) is 0 Å². The molecule has 28 heavy (non-hydrogen) atoms. The highest BCUT2D eigenvalue weighted by atomic mass is 32.2. The highest BCUT2D eigenvalue weighted by Crippen LogP contribution is 2.18. The minimum absolute atomic E-state index is 0.237. The SMILES string of the molecule is CCCCCCS(=O)(=O)c1ccc(/C=C/c2ccc(N(CC)CC)cc2)cc1. The number of nitrogens with zero attached hydrogens (tertiary/aromatic N) is 1. The average Bonchev–Trinajstić information content (AvgIpc) is 2.72. The molecule has 152 valence electrons. The second kappa shape index (κ2) is 11.1. The summed E-state index contributed by atoms with van der Waals surface area (Å²) < 4.78 is 24.8.